The number of fused-ring (bicyclic) bond motifs is 1. The standard InChI is InChI=1S/C30H36N4O/c1-32-16-18-34(19-17-32)29(26-12-13-28-27(21-26)14-15-33(28)2)22-31-30(35)20-23-8-10-25(11-9-23)24-6-4-3-5-7-24/h3-13,21,29H,14-20,22H2,1-2H3,(H,31,35)/t29-/m0/s1. The zero-order valence-electron chi connectivity index (χ0n) is 20.9. The lowest BCUT2D eigenvalue weighted by atomic mass is 10.00. The highest BCUT2D eigenvalue weighted by molar-refractivity contribution is 5.79. The molecule has 1 atom stereocenters. The van der Waals surface area contributed by atoms with Crippen molar-refractivity contribution in [3.63, 3.8) is 0 Å². The minimum Gasteiger partial charge on any atom is -0.374 e. The summed E-state index contributed by atoms with van der Waals surface area (Å²) in [5, 5.41) is 3.26. The van der Waals surface area contributed by atoms with Gasteiger partial charge in [0.25, 0.3) is 0 Å². The Labute approximate surface area is 209 Å². The van der Waals surface area contributed by atoms with Crippen LogP contribution in [0, 0.1) is 0 Å². The van der Waals surface area contributed by atoms with E-state index in [0.29, 0.717) is 13.0 Å². The molecule has 0 aliphatic carbocycles. The maximum absolute atomic E-state index is 12.9. The Morgan fingerprint density at radius 2 is 1.57 bits per heavy atom. The van der Waals surface area contributed by atoms with E-state index in [0.717, 1.165) is 44.7 Å². The van der Waals surface area contributed by atoms with Gasteiger partial charge in [0.05, 0.1) is 12.5 Å². The molecule has 0 radical (unpaired) electrons. The molecular formula is C30H36N4O. The summed E-state index contributed by atoms with van der Waals surface area (Å²) in [6.45, 7) is 5.89. The molecule has 2 aliphatic heterocycles. The second-order valence-electron chi connectivity index (χ2n) is 9.96. The van der Waals surface area contributed by atoms with Crippen LogP contribution in [0.5, 0.6) is 0 Å². The van der Waals surface area contributed by atoms with E-state index in [1.54, 1.807) is 0 Å². The van der Waals surface area contributed by atoms with Gasteiger partial charge < -0.3 is 15.1 Å². The first-order valence-corrected chi connectivity index (χ1v) is 12.7. The highest BCUT2D eigenvalue weighted by Crippen LogP contribution is 2.31. The molecule has 0 unspecified atom stereocenters. The van der Waals surface area contributed by atoms with Gasteiger partial charge in [0.15, 0.2) is 0 Å². The number of anilines is 1. The fraction of sp³-hybridized carbons (Fsp3) is 0.367. The lowest BCUT2D eigenvalue weighted by Crippen LogP contribution is -2.48. The van der Waals surface area contributed by atoms with Gasteiger partial charge in [-0.3, -0.25) is 9.69 Å². The number of amides is 1. The van der Waals surface area contributed by atoms with Gasteiger partial charge in [-0.1, -0.05) is 66.7 Å². The lowest BCUT2D eigenvalue weighted by Gasteiger charge is -2.38. The fourth-order valence-corrected chi connectivity index (χ4v) is 5.29. The van der Waals surface area contributed by atoms with E-state index in [9.17, 15) is 4.79 Å². The molecule has 2 aliphatic rings. The van der Waals surface area contributed by atoms with Crippen molar-refractivity contribution in [2.24, 2.45) is 0 Å². The molecule has 35 heavy (non-hydrogen) atoms. The van der Waals surface area contributed by atoms with Gasteiger partial charge in [0, 0.05) is 52.0 Å². The monoisotopic (exact) mass is 468 g/mol. The normalized spacial score (nSPS) is 17.3. The summed E-state index contributed by atoms with van der Waals surface area (Å²) in [6.07, 6.45) is 1.50. The van der Waals surface area contributed by atoms with E-state index in [1.807, 2.05) is 18.2 Å². The second-order valence-corrected chi connectivity index (χ2v) is 9.96. The Morgan fingerprint density at radius 3 is 2.31 bits per heavy atom. The quantitative estimate of drug-likeness (QED) is 0.569. The van der Waals surface area contributed by atoms with Crippen LogP contribution in [0.3, 0.4) is 0 Å². The van der Waals surface area contributed by atoms with Gasteiger partial charge >= 0.3 is 0 Å². The number of benzene rings is 3. The first kappa shape index (κ1) is 23.6. The Balaban J connectivity index is 1.25. The maximum atomic E-state index is 12.9. The van der Waals surface area contributed by atoms with Crippen molar-refractivity contribution in [3.05, 3.63) is 89.5 Å². The summed E-state index contributed by atoms with van der Waals surface area (Å²) in [4.78, 5) is 20.2. The fourth-order valence-electron chi connectivity index (χ4n) is 5.29. The number of nitrogens with one attached hydrogen (secondary N) is 1. The number of rotatable bonds is 7. The van der Waals surface area contributed by atoms with Crippen LogP contribution in [0.1, 0.15) is 22.7 Å². The van der Waals surface area contributed by atoms with Crippen molar-refractivity contribution < 1.29 is 4.79 Å². The van der Waals surface area contributed by atoms with Crippen LogP contribution >= 0.6 is 0 Å². The van der Waals surface area contributed by atoms with Crippen molar-refractivity contribution in [1.29, 1.82) is 0 Å². The number of hydrogen-bond acceptors (Lipinski definition) is 4. The Kier molecular flexibility index (Phi) is 7.16. The van der Waals surface area contributed by atoms with Crippen LogP contribution in [0.15, 0.2) is 72.8 Å². The molecule has 1 saturated heterocycles. The summed E-state index contributed by atoms with van der Waals surface area (Å²) < 4.78 is 0. The Hall–Kier alpha value is -3.15. The number of carbonyl (C=O) groups excluding carboxylic acids is 1. The van der Waals surface area contributed by atoms with Crippen molar-refractivity contribution >= 4 is 11.6 Å². The van der Waals surface area contributed by atoms with Crippen molar-refractivity contribution in [2.75, 3.05) is 58.3 Å². The van der Waals surface area contributed by atoms with Gasteiger partial charge in [-0.25, -0.2) is 0 Å². The van der Waals surface area contributed by atoms with Gasteiger partial charge in [-0.05, 0) is 47.4 Å². The third kappa shape index (κ3) is 5.58. The summed E-state index contributed by atoms with van der Waals surface area (Å²) >= 11 is 0. The summed E-state index contributed by atoms with van der Waals surface area (Å²) in [5.74, 6) is 0.0810. The summed E-state index contributed by atoms with van der Waals surface area (Å²) in [6, 6.07) is 25.8. The summed E-state index contributed by atoms with van der Waals surface area (Å²) in [5.41, 5.74) is 7.49. The first-order chi connectivity index (χ1) is 17.1. The molecular weight excluding hydrogens is 432 g/mol. The molecule has 3 aromatic rings. The van der Waals surface area contributed by atoms with Gasteiger partial charge in [-0.15, -0.1) is 0 Å². The van der Waals surface area contributed by atoms with Gasteiger partial charge in [0.1, 0.15) is 0 Å². The van der Waals surface area contributed by atoms with E-state index >= 15 is 0 Å². The first-order valence-electron chi connectivity index (χ1n) is 12.7. The molecule has 1 fully saturated rings. The van der Waals surface area contributed by atoms with Gasteiger partial charge in [-0.2, -0.15) is 0 Å². The third-order valence-electron chi connectivity index (χ3n) is 7.51. The van der Waals surface area contributed by atoms with Crippen molar-refractivity contribution in [2.45, 2.75) is 18.9 Å². The smallest absolute Gasteiger partial charge is 0.224 e. The highest BCUT2D eigenvalue weighted by Gasteiger charge is 2.26. The highest BCUT2D eigenvalue weighted by atomic mass is 16.1. The van der Waals surface area contributed by atoms with E-state index in [-0.39, 0.29) is 11.9 Å². The van der Waals surface area contributed by atoms with Crippen LogP contribution in [0.4, 0.5) is 5.69 Å². The number of carbonyl (C=O) groups is 1. The van der Waals surface area contributed by atoms with E-state index in [2.05, 4.69) is 88.7 Å². The maximum Gasteiger partial charge on any atom is 0.224 e. The molecule has 3 aromatic carbocycles. The predicted octanol–water partition coefficient (Wildman–Crippen LogP) is 3.99. The molecule has 0 spiro atoms. The SMILES string of the molecule is CN1CCN([C@@H](CNC(=O)Cc2ccc(-c3ccccc3)cc2)c2ccc3c(c2)CCN3C)CC1. The molecule has 0 bridgehead atoms. The average molecular weight is 469 g/mol. The van der Waals surface area contributed by atoms with Crippen LogP contribution in [0.2, 0.25) is 0 Å². The predicted molar refractivity (Wildman–Crippen MR) is 144 cm³/mol. The molecule has 5 nitrogen and oxygen atoms in total. The molecule has 182 valence electrons. The van der Waals surface area contributed by atoms with Crippen LogP contribution in [0.25, 0.3) is 11.1 Å². The van der Waals surface area contributed by atoms with Crippen LogP contribution < -0.4 is 10.2 Å². The summed E-state index contributed by atoms with van der Waals surface area (Å²) in [7, 11) is 4.35. The molecule has 1 N–H and O–H groups in total. The lowest BCUT2D eigenvalue weighted by molar-refractivity contribution is -0.120. The zero-order chi connectivity index (χ0) is 24.2. The average Bonchev–Trinajstić information content (AvgIpc) is 3.26. The molecule has 5 heteroatoms. The number of piperazine rings is 1. The molecule has 0 aromatic heterocycles. The molecule has 1 amide bonds. The molecule has 2 heterocycles. The Bertz CT molecular complexity index is 1140. The number of likely N-dealkylation sites (N-methyl/N-ethyl adjacent to an activating group) is 2. The van der Waals surface area contributed by atoms with E-state index in [4.69, 9.17) is 0 Å². The molecule has 5 rings (SSSR count). The van der Waals surface area contributed by atoms with Crippen molar-refractivity contribution in [1.82, 2.24) is 15.1 Å². The second kappa shape index (κ2) is 10.6. The topological polar surface area (TPSA) is 38.8 Å². The third-order valence-corrected chi connectivity index (χ3v) is 7.51. The zero-order valence-corrected chi connectivity index (χ0v) is 20.9. The van der Waals surface area contributed by atoms with Crippen LogP contribution in [-0.2, 0) is 17.6 Å². The minimum atomic E-state index is 0.0810. The largest absolute Gasteiger partial charge is 0.374 e. The van der Waals surface area contributed by atoms with E-state index in [1.165, 1.54) is 27.9 Å². The van der Waals surface area contributed by atoms with Crippen LogP contribution in [-0.4, -0.2) is 69.1 Å². The minimum absolute atomic E-state index is 0.0810. The van der Waals surface area contributed by atoms with Gasteiger partial charge in [0.2, 0.25) is 5.91 Å². The van der Waals surface area contributed by atoms with E-state index < -0.39 is 0 Å². The number of hydrogen-bond donors (Lipinski definition) is 1. The number of nitrogens with zero attached hydrogens (tertiary/aromatic N) is 3. The molecule has 0 saturated carbocycles. The Morgan fingerprint density at radius 1 is 0.857 bits per heavy atom. The van der Waals surface area contributed by atoms with Crippen molar-refractivity contribution in [3.8, 4) is 11.1 Å².